The molecule has 7 heteroatoms. The molecule has 2 atom stereocenters. The molecule has 25 heavy (non-hydrogen) atoms. The second-order valence-electron chi connectivity index (χ2n) is 6.09. The van der Waals surface area contributed by atoms with Crippen LogP contribution in [0, 0.1) is 11.6 Å². The highest BCUT2D eigenvalue weighted by molar-refractivity contribution is 5.94. The molecule has 1 fully saturated rings. The van der Waals surface area contributed by atoms with E-state index >= 15 is 0 Å². The first-order valence-electron chi connectivity index (χ1n) is 8.41. The summed E-state index contributed by atoms with van der Waals surface area (Å²) >= 11 is 0. The Bertz CT molecular complexity index is 776. The Morgan fingerprint density at radius 2 is 2.12 bits per heavy atom. The monoisotopic (exact) mass is 350 g/mol. The predicted molar refractivity (Wildman–Crippen MR) is 87.0 cm³/mol. The normalized spacial score (nSPS) is 20.5. The van der Waals surface area contributed by atoms with E-state index in [-0.39, 0.29) is 29.6 Å². The van der Waals surface area contributed by atoms with E-state index in [9.17, 15) is 18.7 Å². The Hall–Kier alpha value is -2.28. The summed E-state index contributed by atoms with van der Waals surface area (Å²) in [6.45, 7) is 1.80. The lowest BCUT2D eigenvalue weighted by atomic mass is 9.92. The maximum absolute atomic E-state index is 14.4. The van der Waals surface area contributed by atoms with E-state index in [1.807, 2.05) is 0 Å². The molecule has 1 aliphatic rings. The van der Waals surface area contributed by atoms with Crippen LogP contribution in [0.5, 0.6) is 0 Å². The molecule has 134 valence electrons. The zero-order valence-electron chi connectivity index (χ0n) is 13.9. The Morgan fingerprint density at radius 1 is 1.36 bits per heavy atom. The van der Waals surface area contributed by atoms with Gasteiger partial charge in [-0.3, -0.25) is 0 Å². The summed E-state index contributed by atoms with van der Waals surface area (Å²) in [5.74, 6) is -2.77. The number of aromatic nitrogens is 2. The highest BCUT2D eigenvalue weighted by Crippen LogP contribution is 2.35. The largest absolute Gasteiger partial charge is 0.461 e. The van der Waals surface area contributed by atoms with Crippen molar-refractivity contribution >= 4 is 5.97 Å². The van der Waals surface area contributed by atoms with Gasteiger partial charge >= 0.3 is 5.97 Å². The first-order valence-corrected chi connectivity index (χ1v) is 8.41. The van der Waals surface area contributed by atoms with Gasteiger partial charge in [-0.05, 0) is 31.9 Å². The van der Waals surface area contributed by atoms with Crippen LogP contribution < -0.4 is 0 Å². The topological polar surface area (TPSA) is 64.3 Å². The highest BCUT2D eigenvalue weighted by Gasteiger charge is 2.31. The number of hydrogen-bond donors (Lipinski definition) is 1. The Labute approximate surface area is 144 Å². The zero-order chi connectivity index (χ0) is 18.0. The number of rotatable bonds is 4. The van der Waals surface area contributed by atoms with Gasteiger partial charge in [0.05, 0.1) is 30.8 Å². The Balaban J connectivity index is 2.16. The maximum Gasteiger partial charge on any atom is 0.359 e. The molecule has 0 amide bonds. The minimum Gasteiger partial charge on any atom is -0.461 e. The van der Waals surface area contributed by atoms with Gasteiger partial charge in [-0.1, -0.05) is 18.9 Å². The molecule has 1 saturated carbocycles. The summed E-state index contributed by atoms with van der Waals surface area (Å²) in [6.07, 6.45) is 3.85. The second kappa shape index (κ2) is 7.31. The van der Waals surface area contributed by atoms with Crippen molar-refractivity contribution < 1.29 is 23.4 Å². The van der Waals surface area contributed by atoms with Crippen LogP contribution in [0.15, 0.2) is 24.5 Å². The molecule has 1 N–H and O–H groups in total. The van der Waals surface area contributed by atoms with Crippen LogP contribution >= 0.6 is 0 Å². The maximum atomic E-state index is 14.4. The van der Waals surface area contributed by atoms with E-state index in [4.69, 9.17) is 4.74 Å². The molecule has 0 aliphatic heterocycles. The van der Waals surface area contributed by atoms with Gasteiger partial charge in [0.15, 0.2) is 17.3 Å². The minimum absolute atomic E-state index is 0.0710. The van der Waals surface area contributed by atoms with Crippen LogP contribution in [0.3, 0.4) is 0 Å². The van der Waals surface area contributed by atoms with Gasteiger partial charge in [0.2, 0.25) is 0 Å². The summed E-state index contributed by atoms with van der Waals surface area (Å²) in [5.41, 5.74) is -0.0103. The van der Waals surface area contributed by atoms with Crippen LogP contribution in [0.25, 0.3) is 11.3 Å². The van der Waals surface area contributed by atoms with Crippen molar-refractivity contribution in [3.63, 3.8) is 0 Å². The number of esters is 1. The molecule has 1 aliphatic carbocycles. The average Bonchev–Trinajstić information content (AvgIpc) is 3.02. The van der Waals surface area contributed by atoms with Gasteiger partial charge in [-0.15, -0.1) is 0 Å². The fraction of sp³-hybridized carbons (Fsp3) is 0.444. The van der Waals surface area contributed by atoms with Crippen molar-refractivity contribution in [3.8, 4) is 11.3 Å². The third kappa shape index (κ3) is 3.28. The fourth-order valence-electron chi connectivity index (χ4n) is 3.33. The Morgan fingerprint density at radius 3 is 2.84 bits per heavy atom. The molecule has 1 aromatic heterocycles. The zero-order valence-corrected chi connectivity index (χ0v) is 13.9. The summed E-state index contributed by atoms with van der Waals surface area (Å²) in [6, 6.07) is 3.43. The van der Waals surface area contributed by atoms with Gasteiger partial charge in [-0.25, -0.2) is 18.6 Å². The van der Waals surface area contributed by atoms with Crippen molar-refractivity contribution in [2.45, 2.75) is 44.8 Å². The number of aliphatic hydroxyl groups excluding tert-OH is 1. The number of halogens is 2. The first-order chi connectivity index (χ1) is 12.0. The molecular weight excluding hydrogens is 330 g/mol. The number of hydrogen-bond acceptors (Lipinski definition) is 4. The molecule has 1 heterocycles. The summed E-state index contributed by atoms with van der Waals surface area (Å²) in [4.78, 5) is 16.3. The van der Waals surface area contributed by atoms with Crippen LogP contribution in [-0.4, -0.2) is 33.3 Å². The number of nitrogens with zero attached hydrogens (tertiary/aromatic N) is 2. The Kier molecular flexibility index (Phi) is 5.13. The molecule has 0 spiro atoms. The smallest absolute Gasteiger partial charge is 0.359 e. The van der Waals surface area contributed by atoms with Crippen molar-refractivity contribution in [2.24, 2.45) is 0 Å². The van der Waals surface area contributed by atoms with Crippen LogP contribution in [-0.2, 0) is 4.74 Å². The van der Waals surface area contributed by atoms with E-state index in [0.29, 0.717) is 12.8 Å². The third-order valence-electron chi connectivity index (χ3n) is 4.52. The molecular formula is C18H20F2N2O3. The predicted octanol–water partition coefficient (Wildman–Crippen LogP) is 3.48. The van der Waals surface area contributed by atoms with Gasteiger partial charge < -0.3 is 14.4 Å². The molecule has 2 aromatic rings. The van der Waals surface area contributed by atoms with E-state index < -0.39 is 23.7 Å². The average molecular weight is 350 g/mol. The van der Waals surface area contributed by atoms with Crippen LogP contribution in [0.2, 0.25) is 0 Å². The lowest BCUT2D eigenvalue weighted by Gasteiger charge is -2.30. The number of carbonyl (C=O) groups is 1. The van der Waals surface area contributed by atoms with Gasteiger partial charge in [0.25, 0.3) is 0 Å². The summed E-state index contributed by atoms with van der Waals surface area (Å²) in [7, 11) is 0. The fourth-order valence-corrected chi connectivity index (χ4v) is 3.33. The first kappa shape index (κ1) is 17.5. The number of ether oxygens (including phenoxy) is 1. The van der Waals surface area contributed by atoms with Crippen molar-refractivity contribution in [1.82, 2.24) is 9.55 Å². The molecule has 3 rings (SSSR count). The SMILES string of the molecule is CCOC(=O)c1ncn([C@H]2CCCC[C@@H]2O)c1-c1cccc(F)c1F. The van der Waals surface area contributed by atoms with Crippen molar-refractivity contribution in [3.05, 3.63) is 41.9 Å². The van der Waals surface area contributed by atoms with Crippen molar-refractivity contribution in [2.75, 3.05) is 6.61 Å². The molecule has 5 nitrogen and oxygen atoms in total. The molecule has 1 aromatic carbocycles. The van der Waals surface area contributed by atoms with Gasteiger partial charge in [0, 0.05) is 5.56 Å². The number of imidazole rings is 1. The highest BCUT2D eigenvalue weighted by atomic mass is 19.2. The van der Waals surface area contributed by atoms with E-state index in [0.717, 1.165) is 18.9 Å². The van der Waals surface area contributed by atoms with Gasteiger partial charge in [-0.2, -0.15) is 0 Å². The van der Waals surface area contributed by atoms with E-state index in [2.05, 4.69) is 4.98 Å². The lowest BCUT2D eigenvalue weighted by molar-refractivity contribution is 0.0519. The number of aliphatic hydroxyl groups is 1. The van der Waals surface area contributed by atoms with Crippen molar-refractivity contribution in [1.29, 1.82) is 0 Å². The van der Waals surface area contributed by atoms with Crippen LogP contribution in [0.1, 0.15) is 49.1 Å². The quantitative estimate of drug-likeness (QED) is 0.858. The molecule has 0 bridgehead atoms. The standard InChI is InChI=1S/C18H20F2N2O3/c1-2-25-18(24)16-17(11-6-5-7-12(19)15(11)20)22(10-21-16)13-8-3-4-9-14(13)23/h5-7,10,13-14,23H,2-4,8-9H2,1H3/t13-,14-/m0/s1. The third-order valence-corrected chi connectivity index (χ3v) is 4.52. The molecule has 0 unspecified atom stereocenters. The summed E-state index contributed by atoms with van der Waals surface area (Å²) < 4.78 is 34.7. The summed E-state index contributed by atoms with van der Waals surface area (Å²) in [5, 5.41) is 10.3. The van der Waals surface area contributed by atoms with E-state index in [1.54, 1.807) is 11.5 Å². The van der Waals surface area contributed by atoms with E-state index in [1.165, 1.54) is 18.5 Å². The lowest BCUT2D eigenvalue weighted by Crippen LogP contribution is -2.28. The number of carbonyl (C=O) groups excluding carboxylic acids is 1. The second-order valence-corrected chi connectivity index (χ2v) is 6.09. The minimum atomic E-state index is -1.06. The molecule has 0 radical (unpaired) electrons. The number of benzene rings is 1. The molecule has 0 saturated heterocycles. The van der Waals surface area contributed by atoms with Gasteiger partial charge in [0.1, 0.15) is 0 Å². The van der Waals surface area contributed by atoms with Crippen LogP contribution in [0.4, 0.5) is 8.78 Å².